The van der Waals surface area contributed by atoms with Crippen molar-refractivity contribution in [2.45, 2.75) is 40.3 Å². The number of fused-ring (bicyclic) bond motifs is 1. The molecule has 4 rings (SSSR count). The number of rotatable bonds is 6. The monoisotopic (exact) mass is 484 g/mol. The summed E-state index contributed by atoms with van der Waals surface area (Å²) in [4.78, 5) is 29.3. The van der Waals surface area contributed by atoms with Crippen molar-refractivity contribution in [3.05, 3.63) is 86.8 Å². The maximum Gasteiger partial charge on any atom is 0.341 e. The molecule has 1 aliphatic rings. The van der Waals surface area contributed by atoms with E-state index in [-0.39, 0.29) is 24.3 Å². The molecule has 5 nitrogen and oxygen atoms in total. The first-order valence-electron chi connectivity index (χ1n) is 10.9. The van der Waals surface area contributed by atoms with Crippen LogP contribution in [0.4, 0.5) is 5.00 Å². The van der Waals surface area contributed by atoms with Crippen molar-refractivity contribution in [2.75, 3.05) is 18.5 Å². The highest BCUT2D eigenvalue weighted by Gasteiger charge is 2.29. The Morgan fingerprint density at radius 2 is 1.85 bits per heavy atom. The predicted octanol–water partition coefficient (Wildman–Crippen LogP) is 5.77. The van der Waals surface area contributed by atoms with E-state index in [1.54, 1.807) is 6.92 Å². The molecule has 0 fully saturated rings. The Balaban J connectivity index is 0.00000306. The van der Waals surface area contributed by atoms with Gasteiger partial charge < -0.3 is 10.1 Å². The minimum atomic E-state index is -0.364. The van der Waals surface area contributed by atoms with Gasteiger partial charge in [0.25, 0.3) is 5.91 Å². The van der Waals surface area contributed by atoms with Crippen LogP contribution < -0.4 is 5.32 Å². The molecule has 7 heteroatoms. The number of benzene rings is 2. The van der Waals surface area contributed by atoms with Crippen LogP contribution in [0.3, 0.4) is 0 Å². The van der Waals surface area contributed by atoms with E-state index in [4.69, 9.17) is 4.74 Å². The van der Waals surface area contributed by atoms with Gasteiger partial charge in [-0.25, -0.2) is 4.79 Å². The molecule has 0 bridgehead atoms. The van der Waals surface area contributed by atoms with Gasteiger partial charge in [-0.1, -0.05) is 36.4 Å². The fraction of sp³-hybridized carbons (Fsp3) is 0.308. The summed E-state index contributed by atoms with van der Waals surface area (Å²) >= 11 is 1.49. The summed E-state index contributed by atoms with van der Waals surface area (Å²) in [5.41, 5.74) is 5.57. The molecule has 0 atom stereocenters. The van der Waals surface area contributed by atoms with Gasteiger partial charge in [0.05, 0.1) is 12.2 Å². The second-order valence-corrected chi connectivity index (χ2v) is 9.23. The standard InChI is InChI=1S/C26H28N2O3S.ClH/c1-4-31-26(30)23-21-12-13-28(15-19-8-6-5-7-9-19)16-22(21)32-25(23)27-24(29)20-11-10-17(2)18(3)14-20;/h5-11,14H,4,12-13,15-16H2,1-3H3,(H,27,29);1H. The van der Waals surface area contributed by atoms with E-state index in [1.165, 1.54) is 16.9 Å². The van der Waals surface area contributed by atoms with Crippen LogP contribution in [0.2, 0.25) is 0 Å². The third-order valence-electron chi connectivity index (χ3n) is 5.86. The molecule has 1 aliphatic heterocycles. The molecule has 3 aromatic rings. The van der Waals surface area contributed by atoms with Crippen molar-refractivity contribution in [3.8, 4) is 0 Å². The molecule has 0 unspecified atom stereocenters. The van der Waals surface area contributed by atoms with Crippen molar-refractivity contribution in [2.24, 2.45) is 0 Å². The Hall–Kier alpha value is -2.67. The van der Waals surface area contributed by atoms with Crippen LogP contribution in [0.25, 0.3) is 0 Å². The quantitative estimate of drug-likeness (QED) is 0.451. The van der Waals surface area contributed by atoms with Crippen LogP contribution in [0.5, 0.6) is 0 Å². The normalized spacial score (nSPS) is 13.1. The van der Waals surface area contributed by atoms with Gasteiger partial charge >= 0.3 is 5.97 Å². The van der Waals surface area contributed by atoms with Crippen LogP contribution in [-0.2, 0) is 24.2 Å². The van der Waals surface area contributed by atoms with Crippen molar-refractivity contribution in [3.63, 3.8) is 0 Å². The third-order valence-corrected chi connectivity index (χ3v) is 6.99. The van der Waals surface area contributed by atoms with E-state index < -0.39 is 0 Å². The van der Waals surface area contributed by atoms with Gasteiger partial charge in [-0.15, -0.1) is 23.7 Å². The number of anilines is 1. The molecule has 0 spiro atoms. The second kappa shape index (κ2) is 11.0. The minimum Gasteiger partial charge on any atom is -0.462 e. The summed E-state index contributed by atoms with van der Waals surface area (Å²) in [7, 11) is 0. The molecule has 0 radical (unpaired) electrons. The van der Waals surface area contributed by atoms with Gasteiger partial charge in [0.15, 0.2) is 0 Å². The average Bonchev–Trinajstić information content (AvgIpc) is 3.13. The van der Waals surface area contributed by atoms with Crippen LogP contribution in [0.15, 0.2) is 48.5 Å². The Morgan fingerprint density at radius 3 is 2.55 bits per heavy atom. The van der Waals surface area contributed by atoms with Crippen LogP contribution in [0, 0.1) is 13.8 Å². The van der Waals surface area contributed by atoms with E-state index in [0.29, 0.717) is 22.7 Å². The largest absolute Gasteiger partial charge is 0.462 e. The zero-order valence-electron chi connectivity index (χ0n) is 19.1. The molecule has 0 saturated carbocycles. The van der Waals surface area contributed by atoms with E-state index in [2.05, 4.69) is 34.5 Å². The van der Waals surface area contributed by atoms with Crippen molar-refractivity contribution in [1.82, 2.24) is 4.90 Å². The predicted molar refractivity (Wildman–Crippen MR) is 136 cm³/mol. The van der Waals surface area contributed by atoms with E-state index in [1.807, 2.05) is 38.1 Å². The number of hydrogen-bond acceptors (Lipinski definition) is 5. The smallest absolute Gasteiger partial charge is 0.341 e. The van der Waals surface area contributed by atoms with E-state index in [9.17, 15) is 9.59 Å². The van der Waals surface area contributed by atoms with Crippen LogP contribution >= 0.6 is 23.7 Å². The molecule has 0 saturated heterocycles. The van der Waals surface area contributed by atoms with Gasteiger partial charge in [-0.05, 0) is 61.6 Å². The lowest BCUT2D eigenvalue weighted by molar-refractivity contribution is 0.0526. The second-order valence-electron chi connectivity index (χ2n) is 8.13. The summed E-state index contributed by atoms with van der Waals surface area (Å²) in [6.07, 6.45) is 0.756. The van der Waals surface area contributed by atoms with Crippen LogP contribution in [0.1, 0.15) is 54.8 Å². The summed E-state index contributed by atoms with van der Waals surface area (Å²) in [6, 6.07) is 16.0. The highest BCUT2D eigenvalue weighted by atomic mass is 35.5. The van der Waals surface area contributed by atoms with Gasteiger partial charge in [0.1, 0.15) is 5.00 Å². The Morgan fingerprint density at radius 1 is 1.09 bits per heavy atom. The number of carbonyl (C=O) groups is 2. The lowest BCUT2D eigenvalue weighted by Crippen LogP contribution is -2.29. The minimum absolute atomic E-state index is 0. The molecule has 33 heavy (non-hydrogen) atoms. The Bertz CT molecular complexity index is 1140. The fourth-order valence-electron chi connectivity index (χ4n) is 4.00. The molecule has 2 heterocycles. The summed E-state index contributed by atoms with van der Waals surface area (Å²) in [6.45, 7) is 8.57. The summed E-state index contributed by atoms with van der Waals surface area (Å²) < 4.78 is 5.34. The molecule has 0 aliphatic carbocycles. The number of ether oxygens (including phenoxy) is 1. The number of nitrogens with one attached hydrogen (secondary N) is 1. The van der Waals surface area contributed by atoms with Crippen LogP contribution in [-0.4, -0.2) is 29.9 Å². The SMILES string of the molecule is CCOC(=O)c1c(NC(=O)c2ccc(C)c(C)c2)sc2c1CCN(Cc1ccccc1)C2.Cl. The van der Waals surface area contributed by atoms with Gasteiger partial charge in [0.2, 0.25) is 0 Å². The highest BCUT2D eigenvalue weighted by Crippen LogP contribution is 2.38. The van der Waals surface area contributed by atoms with Gasteiger partial charge in [0, 0.05) is 30.1 Å². The first kappa shape index (κ1) is 25.0. The molecule has 174 valence electrons. The summed E-state index contributed by atoms with van der Waals surface area (Å²) in [5.74, 6) is -0.574. The maximum atomic E-state index is 13.0. The number of hydrogen-bond donors (Lipinski definition) is 1. The summed E-state index contributed by atoms with van der Waals surface area (Å²) in [5, 5.41) is 3.58. The Kier molecular flexibility index (Phi) is 8.30. The zero-order chi connectivity index (χ0) is 22.7. The van der Waals surface area contributed by atoms with E-state index >= 15 is 0 Å². The number of aryl methyl sites for hydroxylation is 2. The van der Waals surface area contributed by atoms with Crippen molar-refractivity contribution in [1.29, 1.82) is 0 Å². The van der Waals surface area contributed by atoms with E-state index in [0.717, 1.165) is 47.6 Å². The average molecular weight is 485 g/mol. The van der Waals surface area contributed by atoms with Crippen molar-refractivity contribution < 1.29 is 14.3 Å². The molecule has 1 aromatic heterocycles. The third kappa shape index (κ3) is 5.64. The number of halogens is 1. The first-order valence-corrected chi connectivity index (χ1v) is 11.7. The van der Waals surface area contributed by atoms with Gasteiger partial charge in [-0.2, -0.15) is 0 Å². The first-order chi connectivity index (χ1) is 15.5. The lowest BCUT2D eigenvalue weighted by atomic mass is 10.0. The topological polar surface area (TPSA) is 58.6 Å². The Labute approximate surface area is 205 Å². The maximum absolute atomic E-state index is 13.0. The zero-order valence-corrected chi connectivity index (χ0v) is 20.8. The number of amides is 1. The number of thiophene rings is 1. The fourth-order valence-corrected chi connectivity index (χ4v) is 5.27. The molecular weight excluding hydrogens is 456 g/mol. The number of nitrogens with zero attached hydrogens (tertiary/aromatic N) is 1. The lowest BCUT2D eigenvalue weighted by Gasteiger charge is -2.27. The highest BCUT2D eigenvalue weighted by molar-refractivity contribution is 7.17. The molecular formula is C26H29ClN2O3S. The van der Waals surface area contributed by atoms with Gasteiger partial charge in [-0.3, -0.25) is 9.69 Å². The molecule has 1 amide bonds. The number of esters is 1. The molecule has 1 N–H and O–H groups in total. The number of carbonyl (C=O) groups excluding carboxylic acids is 2. The molecule has 2 aromatic carbocycles. The van der Waals surface area contributed by atoms with Crippen molar-refractivity contribution >= 4 is 40.6 Å².